The minimum absolute atomic E-state index is 0.123. The third-order valence-corrected chi connectivity index (χ3v) is 4.91. The van der Waals surface area contributed by atoms with Crippen molar-refractivity contribution in [2.75, 3.05) is 6.54 Å². The van der Waals surface area contributed by atoms with Gasteiger partial charge in [-0.15, -0.1) is 0 Å². The van der Waals surface area contributed by atoms with Crippen LogP contribution in [0.2, 0.25) is 0 Å². The van der Waals surface area contributed by atoms with Crippen LogP contribution in [0, 0.1) is 6.92 Å². The van der Waals surface area contributed by atoms with Gasteiger partial charge in [-0.2, -0.15) is 0 Å². The van der Waals surface area contributed by atoms with E-state index in [1.807, 2.05) is 49.4 Å². The van der Waals surface area contributed by atoms with Gasteiger partial charge in [0.05, 0.1) is 4.91 Å². The summed E-state index contributed by atoms with van der Waals surface area (Å²) in [6, 6.07) is 15.9. The largest absolute Gasteiger partial charge is 0.441 e. The predicted octanol–water partition coefficient (Wildman–Crippen LogP) is 3.94. The van der Waals surface area contributed by atoms with Crippen molar-refractivity contribution in [3.63, 3.8) is 0 Å². The molecular formula is C20H17N3O2S. The van der Waals surface area contributed by atoms with Gasteiger partial charge < -0.3 is 9.73 Å². The van der Waals surface area contributed by atoms with Crippen LogP contribution >= 0.6 is 11.8 Å². The first-order valence-corrected chi connectivity index (χ1v) is 9.15. The molecule has 0 bridgehead atoms. The lowest BCUT2D eigenvalue weighted by molar-refractivity contribution is -0.115. The Morgan fingerprint density at radius 2 is 2.08 bits per heavy atom. The fourth-order valence-corrected chi connectivity index (χ4v) is 3.58. The van der Waals surface area contributed by atoms with Crippen LogP contribution in [-0.4, -0.2) is 22.6 Å². The highest BCUT2D eigenvalue weighted by atomic mass is 32.2. The van der Waals surface area contributed by atoms with Crippen LogP contribution in [0.3, 0.4) is 0 Å². The van der Waals surface area contributed by atoms with E-state index in [1.165, 1.54) is 17.3 Å². The molecule has 1 aliphatic rings. The predicted molar refractivity (Wildman–Crippen MR) is 105 cm³/mol. The van der Waals surface area contributed by atoms with Gasteiger partial charge in [0.2, 0.25) is 0 Å². The number of nitrogens with zero attached hydrogens (tertiary/aromatic N) is 2. The number of nitrogens with one attached hydrogen (secondary N) is 1. The first-order chi connectivity index (χ1) is 12.7. The number of carbonyl (C=O) groups excluding carboxylic acids is 1. The summed E-state index contributed by atoms with van der Waals surface area (Å²) in [5.74, 6) is 0.507. The summed E-state index contributed by atoms with van der Waals surface area (Å²) in [5.41, 5.74) is 3.67. The molecule has 1 amide bonds. The molecule has 1 N–H and O–H groups in total. The Morgan fingerprint density at radius 3 is 2.92 bits per heavy atom. The van der Waals surface area contributed by atoms with Gasteiger partial charge >= 0.3 is 0 Å². The van der Waals surface area contributed by atoms with E-state index in [-0.39, 0.29) is 5.91 Å². The molecule has 0 saturated carbocycles. The van der Waals surface area contributed by atoms with Gasteiger partial charge in [0.25, 0.3) is 5.91 Å². The fraction of sp³-hybridized carbons (Fsp3) is 0.150. The van der Waals surface area contributed by atoms with E-state index in [4.69, 9.17) is 4.42 Å². The summed E-state index contributed by atoms with van der Waals surface area (Å²) < 4.78 is 5.54. The molecule has 0 unspecified atom stereocenters. The molecule has 2 heterocycles. The molecule has 1 saturated heterocycles. The Morgan fingerprint density at radius 1 is 1.23 bits per heavy atom. The van der Waals surface area contributed by atoms with Crippen molar-refractivity contribution in [1.82, 2.24) is 10.3 Å². The number of hydrogen-bond donors (Lipinski definition) is 1. The molecule has 130 valence electrons. The number of aryl methyl sites for hydroxylation is 1. The number of thioether (sulfide) groups is 1. The van der Waals surface area contributed by atoms with Crippen molar-refractivity contribution < 1.29 is 9.21 Å². The van der Waals surface area contributed by atoms with Crippen LogP contribution in [-0.2, 0) is 11.2 Å². The molecule has 6 heteroatoms. The number of hydrogen-bond acceptors (Lipinski definition) is 5. The summed E-state index contributed by atoms with van der Waals surface area (Å²) in [5, 5.41) is 3.47. The molecule has 4 rings (SSSR count). The Bertz CT molecular complexity index is 1020. The summed E-state index contributed by atoms with van der Waals surface area (Å²) >= 11 is 1.36. The first kappa shape index (κ1) is 16.6. The molecule has 1 aromatic heterocycles. The Hall–Kier alpha value is -2.86. The summed E-state index contributed by atoms with van der Waals surface area (Å²) in [4.78, 5) is 21.6. The Kier molecular flexibility index (Phi) is 4.58. The van der Waals surface area contributed by atoms with Crippen LogP contribution in [0.5, 0.6) is 0 Å². The quantitative estimate of drug-likeness (QED) is 0.713. The highest BCUT2D eigenvalue weighted by Gasteiger charge is 2.23. The van der Waals surface area contributed by atoms with E-state index < -0.39 is 0 Å². The van der Waals surface area contributed by atoms with Crippen LogP contribution in [0.1, 0.15) is 17.0 Å². The third-order valence-electron chi connectivity index (χ3n) is 3.97. The molecule has 3 aromatic rings. The molecular weight excluding hydrogens is 346 g/mol. The number of aliphatic imine (C=N–C) groups is 1. The smallest absolute Gasteiger partial charge is 0.264 e. The number of rotatable bonds is 4. The normalized spacial score (nSPS) is 17.3. The Labute approximate surface area is 155 Å². The molecule has 0 atom stereocenters. The maximum atomic E-state index is 12.2. The number of fused-ring (bicyclic) bond motifs is 1. The summed E-state index contributed by atoms with van der Waals surface area (Å²) in [6.45, 7) is 2.46. The molecule has 0 aliphatic carbocycles. The summed E-state index contributed by atoms with van der Waals surface area (Å²) in [7, 11) is 0. The number of oxazole rings is 1. The van der Waals surface area contributed by atoms with Crippen molar-refractivity contribution in [2.45, 2.75) is 13.3 Å². The maximum Gasteiger partial charge on any atom is 0.264 e. The zero-order valence-electron chi connectivity index (χ0n) is 14.2. The molecule has 2 aromatic carbocycles. The van der Waals surface area contributed by atoms with E-state index in [9.17, 15) is 4.79 Å². The van der Waals surface area contributed by atoms with E-state index in [2.05, 4.69) is 27.4 Å². The average Bonchev–Trinajstić information content (AvgIpc) is 3.17. The lowest BCUT2D eigenvalue weighted by atomic mass is 10.2. The highest BCUT2D eigenvalue weighted by Crippen LogP contribution is 2.27. The van der Waals surface area contributed by atoms with Crippen LogP contribution in [0.25, 0.3) is 17.2 Å². The van der Waals surface area contributed by atoms with Crippen LogP contribution in [0.4, 0.5) is 0 Å². The van der Waals surface area contributed by atoms with E-state index in [1.54, 1.807) is 0 Å². The number of carbonyl (C=O) groups is 1. The van der Waals surface area contributed by atoms with E-state index in [0.29, 0.717) is 22.5 Å². The number of amides is 1. The van der Waals surface area contributed by atoms with Crippen molar-refractivity contribution in [2.24, 2.45) is 4.99 Å². The van der Waals surface area contributed by atoms with Gasteiger partial charge in [0, 0.05) is 13.5 Å². The molecule has 26 heavy (non-hydrogen) atoms. The fourth-order valence-electron chi connectivity index (χ4n) is 2.73. The lowest BCUT2D eigenvalue weighted by Gasteiger charge is -1.98. The molecule has 1 aliphatic heterocycles. The van der Waals surface area contributed by atoms with Crippen LogP contribution < -0.4 is 5.32 Å². The molecule has 0 spiro atoms. The van der Waals surface area contributed by atoms with Gasteiger partial charge in [-0.1, -0.05) is 36.4 Å². The topological polar surface area (TPSA) is 67.5 Å². The molecule has 5 nitrogen and oxygen atoms in total. The van der Waals surface area contributed by atoms with Gasteiger partial charge in [-0.3, -0.25) is 9.79 Å². The lowest BCUT2D eigenvalue weighted by Crippen LogP contribution is -2.20. The minimum Gasteiger partial charge on any atom is -0.441 e. The van der Waals surface area contributed by atoms with Gasteiger partial charge in [-0.25, -0.2) is 4.98 Å². The third kappa shape index (κ3) is 3.70. The van der Waals surface area contributed by atoms with Gasteiger partial charge in [0.15, 0.2) is 16.6 Å². The second kappa shape index (κ2) is 7.17. The Balaban J connectivity index is 1.46. The summed E-state index contributed by atoms with van der Waals surface area (Å²) in [6.07, 6.45) is 2.69. The number of benzene rings is 2. The van der Waals surface area contributed by atoms with Gasteiger partial charge in [-0.05, 0) is 47.5 Å². The molecule has 0 radical (unpaired) electrons. The van der Waals surface area contributed by atoms with E-state index in [0.717, 1.165) is 23.1 Å². The van der Waals surface area contributed by atoms with Crippen LogP contribution in [0.15, 0.2) is 62.8 Å². The zero-order valence-corrected chi connectivity index (χ0v) is 15.0. The SMILES string of the molecule is Cc1nc2ccc(/C=C3\S/C(=N/CCc4ccccc4)NC3=O)cc2o1. The molecule has 1 fully saturated rings. The second-order valence-electron chi connectivity index (χ2n) is 5.95. The van der Waals surface area contributed by atoms with E-state index >= 15 is 0 Å². The van der Waals surface area contributed by atoms with Gasteiger partial charge in [0.1, 0.15) is 5.52 Å². The minimum atomic E-state index is -0.123. The van der Waals surface area contributed by atoms with Crippen molar-refractivity contribution in [3.05, 3.63) is 70.5 Å². The van der Waals surface area contributed by atoms with Crippen molar-refractivity contribution in [1.29, 1.82) is 0 Å². The van der Waals surface area contributed by atoms with Crippen molar-refractivity contribution >= 4 is 40.0 Å². The monoisotopic (exact) mass is 363 g/mol. The highest BCUT2D eigenvalue weighted by molar-refractivity contribution is 8.18. The first-order valence-electron chi connectivity index (χ1n) is 8.34. The number of amidine groups is 1. The maximum absolute atomic E-state index is 12.2. The number of aromatic nitrogens is 1. The second-order valence-corrected chi connectivity index (χ2v) is 6.98. The van der Waals surface area contributed by atoms with Crippen molar-refractivity contribution in [3.8, 4) is 0 Å². The average molecular weight is 363 g/mol. The standard InChI is InChI=1S/C20H17N3O2S/c1-13-22-16-8-7-15(11-17(16)25-13)12-18-19(24)23-20(26-18)21-10-9-14-5-3-2-4-6-14/h2-8,11-12H,9-10H2,1H3,(H,21,23,24)/b18-12-. The zero-order chi connectivity index (χ0) is 17.9.